The molecule has 0 spiro atoms. The van der Waals surface area contributed by atoms with Gasteiger partial charge in [0.25, 0.3) is 0 Å². The van der Waals surface area contributed by atoms with Gasteiger partial charge in [-0.05, 0) is 12.5 Å². The van der Waals surface area contributed by atoms with Crippen molar-refractivity contribution in [3.8, 4) is 0 Å². The average Bonchev–Trinajstić information content (AvgIpc) is 2.97. The highest BCUT2D eigenvalue weighted by atomic mass is 16.6. The van der Waals surface area contributed by atoms with Gasteiger partial charge in [-0.25, -0.2) is 9.59 Å². The molecule has 158 valence electrons. The molecule has 1 amide bonds. The molecule has 2 unspecified atom stereocenters. The zero-order chi connectivity index (χ0) is 20.5. The van der Waals surface area contributed by atoms with Gasteiger partial charge in [0.05, 0.1) is 0 Å². The third kappa shape index (κ3) is 5.89. The minimum atomic E-state index is -1.41. The van der Waals surface area contributed by atoms with E-state index in [-0.39, 0.29) is 12.4 Å². The number of amides is 1. The van der Waals surface area contributed by atoms with Crippen LogP contribution in [0.5, 0.6) is 0 Å². The van der Waals surface area contributed by atoms with E-state index in [0.29, 0.717) is 6.54 Å². The number of aliphatic hydroxyl groups is 2. The Morgan fingerprint density at radius 1 is 1.29 bits per heavy atom. The van der Waals surface area contributed by atoms with E-state index in [1.54, 1.807) is 5.48 Å². The number of anilines is 1. The topological polar surface area (TPSA) is 155 Å². The summed E-state index contributed by atoms with van der Waals surface area (Å²) in [6.45, 7) is 2.34. The van der Waals surface area contributed by atoms with Crippen molar-refractivity contribution < 1.29 is 29.7 Å². The van der Waals surface area contributed by atoms with E-state index in [9.17, 15) is 19.8 Å². The van der Waals surface area contributed by atoms with E-state index in [2.05, 4.69) is 17.2 Å². The molecule has 0 saturated carbocycles. The maximum Gasteiger partial charge on any atom is 0.407 e. The summed E-state index contributed by atoms with van der Waals surface area (Å²) in [7, 11) is 0. The standard InChI is InChI=1S/C17H28N4O7/c1-2-3-4-5-6-8-18-17(25)27-10-11-13(22)14(23)15(28-11)21-9-7-12(20-26)19-16(21)24/h7,9,11,13-15,22-23,26H,2-6,8,10H2,1H3,(H,18,25)(H,19,20,24)/t11-,13?,14?,15-/m1/s1. The van der Waals surface area contributed by atoms with Crippen LogP contribution in [-0.2, 0) is 9.47 Å². The maximum atomic E-state index is 12.0. The Morgan fingerprint density at radius 2 is 2.04 bits per heavy atom. The van der Waals surface area contributed by atoms with Crippen molar-refractivity contribution in [3.63, 3.8) is 0 Å². The van der Waals surface area contributed by atoms with Crippen molar-refractivity contribution in [2.24, 2.45) is 0 Å². The fourth-order valence-corrected chi connectivity index (χ4v) is 2.89. The Labute approximate surface area is 162 Å². The minimum Gasteiger partial charge on any atom is -0.447 e. The number of aromatic nitrogens is 2. The Balaban J connectivity index is 1.81. The fourth-order valence-electron chi connectivity index (χ4n) is 2.89. The van der Waals surface area contributed by atoms with Crippen LogP contribution in [0, 0.1) is 0 Å². The molecule has 0 aromatic carbocycles. The molecule has 1 aromatic rings. The van der Waals surface area contributed by atoms with Crippen LogP contribution in [-0.4, -0.2) is 62.5 Å². The molecular formula is C17H28N4O7. The molecule has 0 bridgehead atoms. The maximum absolute atomic E-state index is 12.0. The number of rotatable bonds is 10. The van der Waals surface area contributed by atoms with Gasteiger partial charge in [0.2, 0.25) is 0 Å². The summed E-state index contributed by atoms with van der Waals surface area (Å²) in [5.74, 6) is -0.0690. The molecular weight excluding hydrogens is 372 g/mol. The van der Waals surface area contributed by atoms with Crippen LogP contribution in [0.4, 0.5) is 10.6 Å². The first-order valence-electron chi connectivity index (χ1n) is 9.39. The number of aliphatic hydroxyl groups excluding tert-OH is 2. The van der Waals surface area contributed by atoms with E-state index in [4.69, 9.17) is 14.7 Å². The summed E-state index contributed by atoms with van der Waals surface area (Å²) in [5.41, 5.74) is 0.943. The van der Waals surface area contributed by atoms with Crippen molar-refractivity contribution in [2.45, 2.75) is 63.6 Å². The number of hydrogen-bond acceptors (Lipinski definition) is 9. The van der Waals surface area contributed by atoms with Crippen LogP contribution in [0.3, 0.4) is 0 Å². The molecule has 11 heteroatoms. The van der Waals surface area contributed by atoms with Gasteiger partial charge in [0.1, 0.15) is 24.9 Å². The highest BCUT2D eigenvalue weighted by Crippen LogP contribution is 2.28. The van der Waals surface area contributed by atoms with Crippen molar-refractivity contribution in [1.82, 2.24) is 14.9 Å². The molecule has 28 heavy (non-hydrogen) atoms. The van der Waals surface area contributed by atoms with Gasteiger partial charge in [-0.3, -0.25) is 15.3 Å². The Hall–Kier alpha value is -2.21. The summed E-state index contributed by atoms with van der Waals surface area (Å²) in [4.78, 5) is 27.2. The summed E-state index contributed by atoms with van der Waals surface area (Å²) in [6, 6.07) is 1.29. The second-order valence-electron chi connectivity index (χ2n) is 6.60. The number of nitrogens with one attached hydrogen (secondary N) is 2. The van der Waals surface area contributed by atoms with Crippen molar-refractivity contribution in [1.29, 1.82) is 0 Å². The molecule has 0 radical (unpaired) electrons. The highest BCUT2D eigenvalue weighted by molar-refractivity contribution is 5.67. The zero-order valence-electron chi connectivity index (χ0n) is 15.8. The number of unbranched alkanes of at least 4 members (excludes halogenated alkanes) is 4. The first kappa shape index (κ1) is 22.1. The molecule has 2 rings (SSSR count). The third-order valence-electron chi connectivity index (χ3n) is 4.48. The lowest BCUT2D eigenvalue weighted by Crippen LogP contribution is -2.37. The normalized spacial score (nSPS) is 24.1. The van der Waals surface area contributed by atoms with Crippen LogP contribution >= 0.6 is 0 Å². The number of ether oxygens (including phenoxy) is 2. The predicted octanol–water partition coefficient (Wildman–Crippen LogP) is 0.360. The Bertz CT molecular complexity index is 684. The van der Waals surface area contributed by atoms with E-state index < -0.39 is 36.3 Å². The summed E-state index contributed by atoms with van der Waals surface area (Å²) in [5, 5.41) is 31.6. The molecule has 1 aromatic heterocycles. The third-order valence-corrected chi connectivity index (χ3v) is 4.48. The molecule has 1 saturated heterocycles. The average molecular weight is 400 g/mol. The lowest BCUT2D eigenvalue weighted by atomic mass is 10.1. The summed E-state index contributed by atoms with van der Waals surface area (Å²) in [6.07, 6.45) is 0.974. The summed E-state index contributed by atoms with van der Waals surface area (Å²) >= 11 is 0. The summed E-state index contributed by atoms with van der Waals surface area (Å²) < 4.78 is 11.5. The zero-order valence-corrected chi connectivity index (χ0v) is 15.8. The van der Waals surface area contributed by atoms with Gasteiger partial charge < -0.3 is 25.0 Å². The van der Waals surface area contributed by atoms with E-state index in [1.165, 1.54) is 18.7 Å². The van der Waals surface area contributed by atoms with Gasteiger partial charge in [0, 0.05) is 12.7 Å². The van der Waals surface area contributed by atoms with E-state index in [1.807, 2.05) is 0 Å². The molecule has 1 aliphatic rings. The number of carbonyl (C=O) groups is 1. The van der Waals surface area contributed by atoms with Crippen LogP contribution in [0.1, 0.15) is 45.3 Å². The molecule has 11 nitrogen and oxygen atoms in total. The van der Waals surface area contributed by atoms with Crippen LogP contribution < -0.4 is 16.5 Å². The molecule has 1 aliphatic heterocycles. The second kappa shape index (κ2) is 11.0. The molecule has 4 atom stereocenters. The van der Waals surface area contributed by atoms with Crippen LogP contribution in [0.2, 0.25) is 0 Å². The highest BCUT2D eigenvalue weighted by Gasteiger charge is 2.44. The monoisotopic (exact) mass is 400 g/mol. The number of nitrogens with zero attached hydrogens (tertiary/aromatic N) is 2. The van der Waals surface area contributed by atoms with Crippen LogP contribution in [0.25, 0.3) is 0 Å². The Kier molecular flexibility index (Phi) is 8.64. The molecule has 5 N–H and O–H groups in total. The van der Waals surface area contributed by atoms with Crippen molar-refractivity contribution >= 4 is 11.9 Å². The lowest BCUT2D eigenvalue weighted by Gasteiger charge is -2.17. The van der Waals surface area contributed by atoms with Crippen molar-refractivity contribution in [2.75, 3.05) is 18.6 Å². The Morgan fingerprint density at radius 3 is 2.71 bits per heavy atom. The van der Waals surface area contributed by atoms with Gasteiger partial charge in [-0.15, -0.1) is 0 Å². The van der Waals surface area contributed by atoms with Gasteiger partial charge in [-0.1, -0.05) is 32.6 Å². The first-order chi connectivity index (χ1) is 13.5. The second-order valence-corrected chi connectivity index (χ2v) is 6.60. The van der Waals surface area contributed by atoms with E-state index >= 15 is 0 Å². The van der Waals surface area contributed by atoms with Gasteiger partial charge >= 0.3 is 11.8 Å². The fraction of sp³-hybridized carbons (Fsp3) is 0.706. The van der Waals surface area contributed by atoms with Gasteiger partial charge in [0.15, 0.2) is 12.0 Å². The van der Waals surface area contributed by atoms with E-state index in [0.717, 1.165) is 30.3 Å². The van der Waals surface area contributed by atoms with Crippen molar-refractivity contribution in [3.05, 3.63) is 22.7 Å². The number of carbonyl (C=O) groups excluding carboxylic acids is 1. The van der Waals surface area contributed by atoms with Gasteiger partial charge in [-0.2, -0.15) is 4.98 Å². The number of alkyl carbamates (subject to hydrolysis) is 1. The first-order valence-corrected chi connectivity index (χ1v) is 9.39. The number of hydrogen-bond donors (Lipinski definition) is 5. The largest absolute Gasteiger partial charge is 0.447 e. The quantitative estimate of drug-likeness (QED) is 0.276. The molecule has 0 aliphatic carbocycles. The molecule has 2 heterocycles. The van der Waals surface area contributed by atoms with Crippen LogP contribution in [0.15, 0.2) is 17.1 Å². The SMILES string of the molecule is CCCCCCCNC(=O)OC[C@H]1O[C@@H](n2ccc(NO)nc2=O)C(O)C1O. The lowest BCUT2D eigenvalue weighted by molar-refractivity contribution is -0.0569. The minimum absolute atomic E-state index is 0.0690. The predicted molar refractivity (Wildman–Crippen MR) is 97.9 cm³/mol. The molecule has 1 fully saturated rings. The smallest absolute Gasteiger partial charge is 0.407 e.